The van der Waals surface area contributed by atoms with Crippen molar-refractivity contribution < 1.29 is 19.5 Å². The highest BCUT2D eigenvalue weighted by molar-refractivity contribution is 7.09. The fraction of sp³-hybridized carbons (Fsp3) is 0.462. The predicted octanol–water partition coefficient (Wildman–Crippen LogP) is 0.623. The van der Waals surface area contributed by atoms with Gasteiger partial charge in [0.1, 0.15) is 6.04 Å². The smallest absolute Gasteiger partial charge is 0.321 e. The third-order valence-electron chi connectivity index (χ3n) is 3.25. The molecule has 7 nitrogen and oxygen atoms in total. The molecule has 3 N–H and O–H groups in total. The summed E-state index contributed by atoms with van der Waals surface area (Å²) in [5.74, 6) is -1.42. The molecule has 8 heteroatoms. The molecule has 21 heavy (non-hydrogen) atoms. The maximum atomic E-state index is 11.7. The van der Waals surface area contributed by atoms with Crippen LogP contribution in [0.1, 0.15) is 17.7 Å². The molecule has 0 aromatic carbocycles. The fourth-order valence-corrected chi connectivity index (χ4v) is 2.91. The number of imide groups is 1. The van der Waals surface area contributed by atoms with E-state index >= 15 is 0 Å². The van der Waals surface area contributed by atoms with Gasteiger partial charge in [0.25, 0.3) is 0 Å². The normalized spacial score (nSPS) is 18.4. The van der Waals surface area contributed by atoms with Crippen molar-refractivity contribution in [2.45, 2.75) is 25.4 Å². The topological polar surface area (TPSA) is 98.7 Å². The molecule has 3 amide bonds. The molecular formula is C13H17N3O4S. The molecule has 1 aliphatic rings. The second kappa shape index (κ2) is 7.19. The van der Waals surface area contributed by atoms with Gasteiger partial charge in [-0.3, -0.25) is 19.8 Å². The summed E-state index contributed by atoms with van der Waals surface area (Å²) in [6, 6.07) is 2.56. The zero-order chi connectivity index (χ0) is 15.2. The number of nitrogens with one attached hydrogen (secondary N) is 2. The van der Waals surface area contributed by atoms with Crippen molar-refractivity contribution in [2.75, 3.05) is 13.1 Å². The van der Waals surface area contributed by atoms with Crippen LogP contribution < -0.4 is 10.6 Å². The van der Waals surface area contributed by atoms with Crippen molar-refractivity contribution in [1.82, 2.24) is 15.5 Å². The van der Waals surface area contributed by atoms with Crippen LogP contribution in [0.4, 0.5) is 4.79 Å². The van der Waals surface area contributed by atoms with E-state index in [4.69, 9.17) is 5.11 Å². The molecule has 0 saturated carbocycles. The highest BCUT2D eigenvalue weighted by atomic mass is 32.1. The molecule has 0 spiro atoms. The fourth-order valence-electron chi connectivity index (χ4n) is 2.27. The number of aliphatic carboxylic acids is 1. The molecule has 114 valence electrons. The van der Waals surface area contributed by atoms with Crippen LogP contribution in [0, 0.1) is 0 Å². The Labute approximate surface area is 125 Å². The van der Waals surface area contributed by atoms with E-state index < -0.39 is 23.9 Å². The van der Waals surface area contributed by atoms with E-state index in [1.165, 1.54) is 11.3 Å². The minimum Gasteiger partial charge on any atom is -0.480 e. The molecule has 1 aromatic heterocycles. The second-order valence-corrected chi connectivity index (χ2v) is 5.81. The number of amides is 3. The maximum absolute atomic E-state index is 11.7. The van der Waals surface area contributed by atoms with Crippen molar-refractivity contribution in [1.29, 1.82) is 0 Å². The Hall–Kier alpha value is -1.93. The molecular weight excluding hydrogens is 294 g/mol. The van der Waals surface area contributed by atoms with Gasteiger partial charge >= 0.3 is 12.0 Å². The van der Waals surface area contributed by atoms with Crippen LogP contribution in [0.3, 0.4) is 0 Å². The van der Waals surface area contributed by atoms with E-state index in [2.05, 4.69) is 10.6 Å². The second-order valence-electron chi connectivity index (χ2n) is 4.78. The van der Waals surface area contributed by atoms with Gasteiger partial charge in [0, 0.05) is 4.88 Å². The molecule has 2 rings (SSSR count). The van der Waals surface area contributed by atoms with Crippen LogP contribution in [0.2, 0.25) is 0 Å². The van der Waals surface area contributed by atoms with Crippen molar-refractivity contribution >= 4 is 29.2 Å². The van der Waals surface area contributed by atoms with E-state index in [1.807, 2.05) is 17.5 Å². The Morgan fingerprint density at radius 1 is 1.43 bits per heavy atom. The van der Waals surface area contributed by atoms with Gasteiger partial charge in [-0.1, -0.05) is 6.07 Å². The molecule has 0 radical (unpaired) electrons. The Balaban J connectivity index is 1.73. The lowest BCUT2D eigenvalue weighted by Gasteiger charge is -2.19. The van der Waals surface area contributed by atoms with Crippen LogP contribution >= 0.6 is 11.3 Å². The van der Waals surface area contributed by atoms with Crippen molar-refractivity contribution in [3.8, 4) is 0 Å². The Morgan fingerprint density at radius 3 is 2.90 bits per heavy atom. The number of carboxylic acid groups (broad SMARTS) is 1. The van der Waals surface area contributed by atoms with Crippen LogP contribution in [-0.2, 0) is 16.1 Å². The average molecular weight is 311 g/mol. The zero-order valence-corrected chi connectivity index (χ0v) is 12.2. The number of urea groups is 1. The van der Waals surface area contributed by atoms with Crippen molar-refractivity contribution in [3.63, 3.8) is 0 Å². The first-order valence-corrected chi connectivity index (χ1v) is 7.51. The summed E-state index contributed by atoms with van der Waals surface area (Å²) in [6.45, 7) is 0.836. The largest absolute Gasteiger partial charge is 0.480 e. The van der Waals surface area contributed by atoms with E-state index in [1.54, 1.807) is 4.90 Å². The SMILES string of the molecule is O=C(CN1CCC[C@H]1C(=O)O)NC(=O)NCc1cccs1. The molecule has 1 aliphatic heterocycles. The first kappa shape index (κ1) is 15.5. The molecule has 1 saturated heterocycles. The Morgan fingerprint density at radius 2 is 2.24 bits per heavy atom. The zero-order valence-electron chi connectivity index (χ0n) is 11.4. The molecule has 2 heterocycles. The summed E-state index contributed by atoms with van der Waals surface area (Å²) in [4.78, 5) is 36.9. The third kappa shape index (κ3) is 4.54. The monoisotopic (exact) mass is 311 g/mol. The van der Waals surface area contributed by atoms with E-state index in [-0.39, 0.29) is 6.54 Å². The van der Waals surface area contributed by atoms with Gasteiger partial charge < -0.3 is 10.4 Å². The number of hydrogen-bond acceptors (Lipinski definition) is 5. The minimum atomic E-state index is -0.928. The first-order valence-electron chi connectivity index (χ1n) is 6.63. The van der Waals surface area contributed by atoms with Gasteiger partial charge in [0.15, 0.2) is 0 Å². The summed E-state index contributed by atoms with van der Waals surface area (Å²) < 4.78 is 0. The predicted molar refractivity (Wildman–Crippen MR) is 76.9 cm³/mol. The molecule has 0 unspecified atom stereocenters. The van der Waals surface area contributed by atoms with Gasteiger partial charge in [-0.25, -0.2) is 4.79 Å². The third-order valence-corrected chi connectivity index (χ3v) is 4.13. The quantitative estimate of drug-likeness (QED) is 0.740. The standard InChI is InChI=1S/C13H17N3O4S/c17-11(8-16-5-1-4-10(16)12(18)19)15-13(20)14-7-9-3-2-6-21-9/h2-3,6,10H,1,4-5,7-8H2,(H,18,19)(H2,14,15,17,20)/t10-/m0/s1. The maximum Gasteiger partial charge on any atom is 0.321 e. The number of thiophene rings is 1. The first-order chi connectivity index (χ1) is 10.1. The molecule has 1 aromatic rings. The lowest BCUT2D eigenvalue weighted by atomic mass is 10.2. The van der Waals surface area contributed by atoms with Crippen LogP contribution in [0.15, 0.2) is 17.5 Å². The lowest BCUT2D eigenvalue weighted by Crippen LogP contribution is -2.46. The van der Waals surface area contributed by atoms with Gasteiger partial charge in [0.05, 0.1) is 13.1 Å². The summed E-state index contributed by atoms with van der Waals surface area (Å²) in [5.41, 5.74) is 0. The van der Waals surface area contributed by atoms with E-state index in [0.717, 1.165) is 11.3 Å². The van der Waals surface area contributed by atoms with Crippen molar-refractivity contribution in [3.05, 3.63) is 22.4 Å². The Bertz CT molecular complexity index is 517. The van der Waals surface area contributed by atoms with Crippen molar-refractivity contribution in [2.24, 2.45) is 0 Å². The molecule has 1 atom stereocenters. The van der Waals surface area contributed by atoms with Crippen LogP contribution in [0.5, 0.6) is 0 Å². The minimum absolute atomic E-state index is 0.0800. The van der Waals surface area contributed by atoms with Gasteiger partial charge in [0.2, 0.25) is 5.91 Å². The number of nitrogens with zero attached hydrogens (tertiary/aromatic N) is 1. The highest BCUT2D eigenvalue weighted by Gasteiger charge is 2.31. The number of hydrogen-bond donors (Lipinski definition) is 3. The number of rotatable bonds is 5. The average Bonchev–Trinajstić information content (AvgIpc) is 3.06. The molecule has 0 aliphatic carbocycles. The number of carbonyl (C=O) groups excluding carboxylic acids is 2. The highest BCUT2D eigenvalue weighted by Crippen LogP contribution is 2.16. The number of carbonyl (C=O) groups is 3. The number of carboxylic acids is 1. The summed E-state index contributed by atoms with van der Waals surface area (Å²) in [6.07, 6.45) is 1.28. The van der Waals surface area contributed by atoms with Gasteiger partial charge in [-0.15, -0.1) is 11.3 Å². The van der Waals surface area contributed by atoms with E-state index in [0.29, 0.717) is 19.5 Å². The van der Waals surface area contributed by atoms with E-state index in [9.17, 15) is 14.4 Å². The Kier molecular flexibility index (Phi) is 5.29. The number of likely N-dealkylation sites (tertiary alicyclic amines) is 1. The summed E-state index contributed by atoms with van der Waals surface area (Å²) >= 11 is 1.51. The van der Waals surface area contributed by atoms with Crippen LogP contribution in [0.25, 0.3) is 0 Å². The molecule has 1 fully saturated rings. The van der Waals surface area contributed by atoms with Gasteiger partial charge in [-0.2, -0.15) is 0 Å². The summed E-state index contributed by atoms with van der Waals surface area (Å²) in [5, 5.41) is 15.7. The summed E-state index contributed by atoms with van der Waals surface area (Å²) in [7, 11) is 0. The van der Waals surface area contributed by atoms with Gasteiger partial charge in [-0.05, 0) is 30.8 Å². The van der Waals surface area contributed by atoms with Crippen LogP contribution in [-0.4, -0.2) is 47.0 Å². The molecule has 0 bridgehead atoms. The lowest BCUT2D eigenvalue weighted by molar-refractivity contribution is -0.142.